The van der Waals surface area contributed by atoms with Crippen molar-refractivity contribution in [1.29, 1.82) is 0 Å². The number of carbonyl (C=O) groups excluding carboxylic acids is 2. The Morgan fingerprint density at radius 3 is 2.24 bits per heavy atom. The molecule has 0 N–H and O–H groups in total. The molecule has 1 aromatic carbocycles. The minimum atomic E-state index is -4.57. The molecule has 1 amide bonds. The second-order valence-electron chi connectivity index (χ2n) is 8.71. The average molecular weight is 539 g/mol. The van der Waals surface area contributed by atoms with Crippen LogP contribution in [0.1, 0.15) is 38.3 Å². The first-order valence-corrected chi connectivity index (χ1v) is 11.7. The molecule has 1 aromatic rings. The van der Waals surface area contributed by atoms with Gasteiger partial charge in [0.1, 0.15) is 11.4 Å². The number of piperazine rings is 1. The van der Waals surface area contributed by atoms with Crippen molar-refractivity contribution in [2.75, 3.05) is 38.6 Å². The number of hydrogen-bond donors (Lipinski definition) is 0. The first-order chi connectivity index (χ1) is 15.3. The Balaban J connectivity index is 2.12. The van der Waals surface area contributed by atoms with Crippen LogP contribution < -0.4 is 4.74 Å². The molecule has 0 aliphatic carbocycles. The van der Waals surface area contributed by atoms with Crippen molar-refractivity contribution in [2.24, 2.45) is 0 Å². The first-order valence-electron chi connectivity index (χ1n) is 10.5. The summed E-state index contributed by atoms with van der Waals surface area (Å²) in [7, 11) is 1.20. The lowest BCUT2D eigenvalue weighted by Crippen LogP contribution is -2.49. The quantitative estimate of drug-likeness (QED) is 0.377. The van der Waals surface area contributed by atoms with Crippen molar-refractivity contribution in [3.8, 4) is 5.75 Å². The monoisotopic (exact) mass is 538 g/mol. The van der Waals surface area contributed by atoms with Gasteiger partial charge in [-0.3, -0.25) is 4.90 Å². The van der Waals surface area contributed by atoms with E-state index in [2.05, 4.69) is 20.7 Å². The Hall–Kier alpha value is -2.01. The Bertz CT molecular complexity index is 821. The molecule has 33 heavy (non-hydrogen) atoms. The number of hydrogen-bond acceptors (Lipinski definition) is 6. The summed E-state index contributed by atoms with van der Waals surface area (Å²) in [4.78, 5) is 27.7. The molecule has 2 rings (SSSR count). The standard InChI is InChI=1S/C22H30BrF3N2O5/c1-21(2,3)33-20(30)28-9-7-27(8-10-28)14-15-11-16(22(24,25)26)13-17(12-15)32-18(5-6-23)19(29)31-4/h11-13,18H,5-10,14H2,1-4H3. The maximum atomic E-state index is 13.5. The van der Waals surface area contributed by atoms with E-state index >= 15 is 0 Å². The lowest BCUT2D eigenvalue weighted by Gasteiger charge is -2.35. The predicted molar refractivity (Wildman–Crippen MR) is 119 cm³/mol. The van der Waals surface area contributed by atoms with E-state index in [0.717, 1.165) is 12.1 Å². The van der Waals surface area contributed by atoms with E-state index < -0.39 is 35.5 Å². The highest BCUT2D eigenvalue weighted by molar-refractivity contribution is 9.09. The van der Waals surface area contributed by atoms with Crippen LogP contribution in [0.2, 0.25) is 0 Å². The van der Waals surface area contributed by atoms with E-state index in [-0.39, 0.29) is 18.7 Å². The molecule has 0 radical (unpaired) electrons. The predicted octanol–water partition coefficient (Wildman–Crippen LogP) is 4.46. The molecule has 1 unspecified atom stereocenters. The zero-order valence-electron chi connectivity index (χ0n) is 19.2. The summed E-state index contributed by atoms with van der Waals surface area (Å²) in [5.74, 6) is -0.713. The summed E-state index contributed by atoms with van der Waals surface area (Å²) in [5.41, 5.74) is -1.06. The molecular weight excluding hydrogens is 509 g/mol. The number of halogens is 4. The summed E-state index contributed by atoms with van der Waals surface area (Å²) < 4.78 is 56.1. The van der Waals surface area contributed by atoms with Crippen molar-refractivity contribution in [3.05, 3.63) is 29.3 Å². The Kier molecular flexibility index (Phi) is 9.42. The largest absolute Gasteiger partial charge is 0.479 e. The molecule has 1 aliphatic rings. The summed E-state index contributed by atoms with van der Waals surface area (Å²) >= 11 is 3.21. The average Bonchev–Trinajstić information content (AvgIpc) is 2.71. The molecule has 186 valence electrons. The normalized spacial score (nSPS) is 16.3. The van der Waals surface area contributed by atoms with Gasteiger partial charge in [-0.1, -0.05) is 15.9 Å². The smallest absolute Gasteiger partial charge is 0.416 e. The third-order valence-electron chi connectivity index (χ3n) is 4.84. The minimum Gasteiger partial charge on any atom is -0.479 e. The van der Waals surface area contributed by atoms with E-state index in [1.807, 2.05) is 4.90 Å². The molecule has 0 aromatic heterocycles. The third-order valence-corrected chi connectivity index (χ3v) is 5.30. The van der Waals surface area contributed by atoms with E-state index in [0.29, 0.717) is 37.1 Å². The number of alkyl halides is 4. The molecular formula is C22H30BrF3N2O5. The molecule has 1 saturated heterocycles. The van der Waals surface area contributed by atoms with Crippen molar-refractivity contribution in [3.63, 3.8) is 0 Å². The molecule has 7 nitrogen and oxygen atoms in total. The molecule has 0 saturated carbocycles. The Morgan fingerprint density at radius 1 is 1.09 bits per heavy atom. The van der Waals surface area contributed by atoms with Gasteiger partial charge in [0.2, 0.25) is 0 Å². The van der Waals surface area contributed by atoms with E-state index in [4.69, 9.17) is 9.47 Å². The number of benzene rings is 1. The van der Waals surface area contributed by atoms with Crippen LogP contribution in [0.25, 0.3) is 0 Å². The van der Waals surface area contributed by atoms with Gasteiger partial charge in [-0.05, 0) is 44.5 Å². The zero-order valence-corrected chi connectivity index (χ0v) is 20.8. The minimum absolute atomic E-state index is 0.0523. The summed E-state index contributed by atoms with van der Waals surface area (Å²) in [6, 6.07) is 3.46. The van der Waals surface area contributed by atoms with Crippen molar-refractivity contribution in [2.45, 2.75) is 51.6 Å². The van der Waals surface area contributed by atoms with Crippen molar-refractivity contribution < 1.29 is 37.0 Å². The first kappa shape index (κ1) is 27.2. The fraction of sp³-hybridized carbons (Fsp3) is 0.636. The number of rotatable bonds is 7. The highest BCUT2D eigenvalue weighted by atomic mass is 79.9. The van der Waals surface area contributed by atoms with Crippen LogP contribution in [0.15, 0.2) is 18.2 Å². The lowest BCUT2D eigenvalue weighted by atomic mass is 10.1. The van der Waals surface area contributed by atoms with Crippen LogP contribution in [-0.2, 0) is 27.0 Å². The number of ether oxygens (including phenoxy) is 3. The van der Waals surface area contributed by atoms with Gasteiger partial charge in [0.05, 0.1) is 12.7 Å². The van der Waals surface area contributed by atoms with Crippen molar-refractivity contribution >= 4 is 28.0 Å². The highest BCUT2D eigenvalue weighted by Gasteiger charge is 2.33. The molecule has 1 aliphatic heterocycles. The molecule has 1 heterocycles. The van der Waals surface area contributed by atoms with Gasteiger partial charge in [0, 0.05) is 44.5 Å². The SMILES string of the molecule is COC(=O)C(CCBr)Oc1cc(CN2CCN(C(=O)OC(C)(C)C)CC2)cc(C(F)(F)F)c1. The molecule has 11 heteroatoms. The zero-order chi connectivity index (χ0) is 24.8. The van der Waals surface area contributed by atoms with Gasteiger partial charge >= 0.3 is 18.2 Å². The van der Waals surface area contributed by atoms with Crippen molar-refractivity contribution in [1.82, 2.24) is 9.80 Å². The van der Waals surface area contributed by atoms with Gasteiger partial charge < -0.3 is 19.1 Å². The van der Waals surface area contributed by atoms with Crippen LogP contribution in [0.4, 0.5) is 18.0 Å². The topological polar surface area (TPSA) is 68.3 Å². The molecule has 1 atom stereocenters. The molecule has 1 fully saturated rings. The summed E-state index contributed by atoms with van der Waals surface area (Å²) in [6.45, 7) is 7.40. The van der Waals surface area contributed by atoms with Gasteiger partial charge in [-0.25, -0.2) is 9.59 Å². The van der Waals surface area contributed by atoms with Crippen LogP contribution in [0, 0.1) is 0 Å². The summed E-state index contributed by atoms with van der Waals surface area (Å²) in [6.07, 6.45) is -5.76. The number of methoxy groups -OCH3 is 1. The number of nitrogens with zero attached hydrogens (tertiary/aromatic N) is 2. The molecule has 0 bridgehead atoms. The van der Waals surface area contributed by atoms with E-state index in [9.17, 15) is 22.8 Å². The summed E-state index contributed by atoms with van der Waals surface area (Å²) in [5, 5.41) is 0.417. The number of carbonyl (C=O) groups is 2. The van der Waals surface area contributed by atoms with E-state index in [1.165, 1.54) is 13.2 Å². The maximum Gasteiger partial charge on any atom is 0.416 e. The lowest BCUT2D eigenvalue weighted by molar-refractivity contribution is -0.148. The van der Waals surface area contributed by atoms with Gasteiger partial charge in [-0.15, -0.1) is 0 Å². The Labute approximate surface area is 200 Å². The third kappa shape index (κ3) is 8.69. The number of esters is 1. The van der Waals surface area contributed by atoms with Crippen LogP contribution in [0.3, 0.4) is 0 Å². The van der Waals surface area contributed by atoms with E-state index in [1.54, 1.807) is 25.7 Å². The second-order valence-corrected chi connectivity index (χ2v) is 9.51. The second kappa shape index (κ2) is 11.4. The number of amides is 1. The molecule has 0 spiro atoms. The van der Waals surface area contributed by atoms with Crippen LogP contribution in [-0.4, -0.2) is 72.2 Å². The van der Waals surface area contributed by atoms with Gasteiger partial charge in [0.15, 0.2) is 6.10 Å². The van der Waals surface area contributed by atoms with Gasteiger partial charge in [0.25, 0.3) is 0 Å². The van der Waals surface area contributed by atoms with Crippen LogP contribution >= 0.6 is 15.9 Å². The fourth-order valence-corrected chi connectivity index (χ4v) is 3.69. The van der Waals surface area contributed by atoms with Crippen LogP contribution in [0.5, 0.6) is 5.75 Å². The van der Waals surface area contributed by atoms with Gasteiger partial charge in [-0.2, -0.15) is 13.2 Å². The Morgan fingerprint density at radius 2 is 1.73 bits per heavy atom. The fourth-order valence-electron chi connectivity index (χ4n) is 3.28. The highest BCUT2D eigenvalue weighted by Crippen LogP contribution is 2.33. The maximum absolute atomic E-state index is 13.5.